The molecule has 0 aliphatic heterocycles. The van der Waals surface area contributed by atoms with E-state index in [0.29, 0.717) is 24.2 Å². The molecule has 136 valence electrons. The maximum atomic E-state index is 12.2. The lowest BCUT2D eigenvalue weighted by Gasteiger charge is -2.58. The van der Waals surface area contributed by atoms with Gasteiger partial charge in [-0.2, -0.15) is 0 Å². The second-order valence-electron chi connectivity index (χ2n) is 9.33. The largest absolute Gasteiger partial charge is 0.393 e. The Morgan fingerprint density at radius 3 is 2.76 bits per heavy atom. The summed E-state index contributed by atoms with van der Waals surface area (Å²) in [5, 5.41) is 11.2. The van der Waals surface area contributed by atoms with Crippen LogP contribution in [0.25, 0.3) is 0 Å². The number of allylic oxidation sites excluding steroid dienone is 4. The average molecular weight is 361 g/mol. The lowest BCUT2D eigenvalue weighted by molar-refractivity contribution is -0.133. The molecule has 4 aliphatic rings. The van der Waals surface area contributed by atoms with Crippen molar-refractivity contribution in [1.29, 1.82) is 0 Å². The van der Waals surface area contributed by atoms with Crippen molar-refractivity contribution in [2.24, 2.45) is 40.4 Å². The van der Waals surface area contributed by atoms with Crippen LogP contribution in [0.5, 0.6) is 0 Å². The molecule has 4 aliphatic carbocycles. The topological polar surface area (TPSA) is 54.4 Å². The Labute approximate surface area is 155 Å². The maximum Gasteiger partial charge on any atom is 0.189 e. The number of aliphatic hydroxyl groups excluding tert-OH is 1. The van der Waals surface area contributed by atoms with Gasteiger partial charge in [0.15, 0.2) is 10.9 Å². The van der Waals surface area contributed by atoms with Gasteiger partial charge in [-0.15, -0.1) is 12.6 Å². The minimum Gasteiger partial charge on any atom is -0.393 e. The third kappa shape index (κ3) is 2.29. The van der Waals surface area contributed by atoms with E-state index in [1.807, 2.05) is 6.08 Å². The molecule has 0 bridgehead atoms. The van der Waals surface area contributed by atoms with E-state index in [1.54, 1.807) is 12.2 Å². The summed E-state index contributed by atoms with van der Waals surface area (Å²) in [5.74, 6) is 1.30. The summed E-state index contributed by atoms with van der Waals surface area (Å²) >= 11 is 4.19. The Hall–Kier alpha value is -0.870. The highest BCUT2D eigenvalue weighted by atomic mass is 32.1. The molecular weight excluding hydrogens is 332 g/mol. The zero-order chi connectivity index (χ0) is 18.1. The SMILES string of the molecule is C[C@H]1C[C@H]2[C@@H]3CCC4=CC(=O)C=C[C@]4(C)[C@H]3[C@@H](O)C[C@]2(C)[C@H]1C(=O)S. The lowest BCUT2D eigenvalue weighted by atomic mass is 9.47. The van der Waals surface area contributed by atoms with Crippen molar-refractivity contribution in [3.63, 3.8) is 0 Å². The standard InChI is InChI=1S/C21H28O3S/c1-11-8-15-14-5-4-12-9-13(22)6-7-20(12,2)18(14)16(23)10-21(15,3)17(11)19(24)25/h6-7,9,11,14-18,23H,4-5,8,10H2,1-3H3,(H,24,25)/t11-,14-,15-,16-,17+,18+,20-,21-/m0/s1. The molecule has 0 spiro atoms. The van der Waals surface area contributed by atoms with E-state index in [2.05, 4.69) is 33.4 Å². The summed E-state index contributed by atoms with van der Waals surface area (Å²) in [6, 6.07) is 0. The molecule has 3 nitrogen and oxygen atoms in total. The summed E-state index contributed by atoms with van der Waals surface area (Å²) < 4.78 is 0. The van der Waals surface area contributed by atoms with E-state index < -0.39 is 6.10 Å². The molecule has 0 heterocycles. The molecule has 0 unspecified atom stereocenters. The minimum absolute atomic E-state index is 0.0195. The number of hydrogen-bond donors (Lipinski definition) is 2. The van der Waals surface area contributed by atoms with Gasteiger partial charge in [0, 0.05) is 17.3 Å². The molecule has 3 saturated carbocycles. The molecule has 8 atom stereocenters. The van der Waals surface area contributed by atoms with Crippen LogP contribution < -0.4 is 0 Å². The van der Waals surface area contributed by atoms with Gasteiger partial charge in [0.2, 0.25) is 0 Å². The summed E-state index contributed by atoms with van der Waals surface area (Å²) in [6.07, 6.45) is 8.67. The van der Waals surface area contributed by atoms with Crippen LogP contribution in [0.2, 0.25) is 0 Å². The second-order valence-corrected chi connectivity index (χ2v) is 9.77. The summed E-state index contributed by atoms with van der Waals surface area (Å²) in [7, 11) is 0. The first-order chi connectivity index (χ1) is 11.7. The van der Waals surface area contributed by atoms with Gasteiger partial charge in [0.05, 0.1) is 6.10 Å². The Morgan fingerprint density at radius 2 is 2.08 bits per heavy atom. The molecule has 4 rings (SSSR count). The first-order valence-electron chi connectivity index (χ1n) is 9.53. The summed E-state index contributed by atoms with van der Waals surface area (Å²) in [6.45, 7) is 6.55. The smallest absolute Gasteiger partial charge is 0.189 e. The van der Waals surface area contributed by atoms with Crippen LogP contribution in [0.15, 0.2) is 23.8 Å². The van der Waals surface area contributed by atoms with Gasteiger partial charge >= 0.3 is 0 Å². The van der Waals surface area contributed by atoms with E-state index >= 15 is 0 Å². The van der Waals surface area contributed by atoms with Gasteiger partial charge in [0.25, 0.3) is 0 Å². The second kappa shape index (κ2) is 5.56. The Morgan fingerprint density at radius 1 is 1.36 bits per heavy atom. The summed E-state index contributed by atoms with van der Waals surface area (Å²) in [4.78, 5) is 24.1. The van der Waals surface area contributed by atoms with E-state index in [4.69, 9.17) is 0 Å². The zero-order valence-electron chi connectivity index (χ0n) is 15.2. The molecule has 4 heteroatoms. The Bertz CT molecular complexity index is 695. The van der Waals surface area contributed by atoms with Crippen molar-refractivity contribution in [3.05, 3.63) is 23.8 Å². The van der Waals surface area contributed by atoms with Gasteiger partial charge in [-0.05, 0) is 61.0 Å². The maximum absolute atomic E-state index is 12.2. The average Bonchev–Trinajstić information content (AvgIpc) is 2.77. The number of ketones is 1. The highest BCUT2D eigenvalue weighted by Crippen LogP contribution is 2.67. The summed E-state index contributed by atoms with van der Waals surface area (Å²) in [5.41, 5.74) is 0.783. The molecule has 3 fully saturated rings. The highest BCUT2D eigenvalue weighted by molar-refractivity contribution is 7.96. The van der Waals surface area contributed by atoms with Gasteiger partial charge in [-0.3, -0.25) is 9.59 Å². The van der Waals surface area contributed by atoms with E-state index in [0.717, 1.165) is 19.3 Å². The third-order valence-corrected chi connectivity index (χ3v) is 8.38. The number of rotatable bonds is 1. The predicted molar refractivity (Wildman–Crippen MR) is 100 cm³/mol. The normalized spacial score (nSPS) is 51.4. The number of carbonyl (C=O) groups excluding carboxylic acids is 2. The predicted octanol–water partition coefficient (Wildman–Crippen LogP) is 3.58. The van der Waals surface area contributed by atoms with Crippen LogP contribution in [0.3, 0.4) is 0 Å². The molecule has 0 aromatic heterocycles. The molecular formula is C21H28O3S. The lowest BCUT2D eigenvalue weighted by Crippen LogP contribution is -2.56. The van der Waals surface area contributed by atoms with Gasteiger partial charge in [0.1, 0.15) is 0 Å². The number of hydrogen-bond acceptors (Lipinski definition) is 3. The van der Waals surface area contributed by atoms with Crippen LogP contribution in [0.1, 0.15) is 46.5 Å². The third-order valence-electron chi connectivity index (χ3n) is 8.10. The van der Waals surface area contributed by atoms with Crippen molar-refractivity contribution in [2.75, 3.05) is 0 Å². The number of fused-ring (bicyclic) bond motifs is 5. The van der Waals surface area contributed by atoms with Crippen LogP contribution in [-0.2, 0) is 9.59 Å². The van der Waals surface area contributed by atoms with Crippen molar-refractivity contribution >= 4 is 23.5 Å². The molecule has 0 aromatic rings. The molecule has 0 amide bonds. The Balaban J connectivity index is 1.76. The van der Waals surface area contributed by atoms with E-state index in [-0.39, 0.29) is 33.6 Å². The first-order valence-corrected chi connectivity index (χ1v) is 9.98. The molecule has 1 N–H and O–H groups in total. The fourth-order valence-electron chi connectivity index (χ4n) is 7.22. The first kappa shape index (κ1) is 17.5. The number of carbonyl (C=O) groups is 2. The molecule has 25 heavy (non-hydrogen) atoms. The molecule has 0 radical (unpaired) electrons. The highest BCUT2D eigenvalue weighted by Gasteiger charge is 2.63. The Kier molecular flexibility index (Phi) is 3.90. The van der Waals surface area contributed by atoms with Gasteiger partial charge in [-0.25, -0.2) is 0 Å². The van der Waals surface area contributed by atoms with Gasteiger partial charge < -0.3 is 5.11 Å². The zero-order valence-corrected chi connectivity index (χ0v) is 16.1. The van der Waals surface area contributed by atoms with Crippen LogP contribution in [0.4, 0.5) is 0 Å². The quantitative estimate of drug-likeness (QED) is 0.703. The van der Waals surface area contributed by atoms with E-state index in [9.17, 15) is 14.7 Å². The van der Waals surface area contributed by atoms with Crippen molar-refractivity contribution in [2.45, 2.75) is 52.6 Å². The fourth-order valence-corrected chi connectivity index (χ4v) is 7.77. The van der Waals surface area contributed by atoms with Gasteiger partial charge in [-0.1, -0.05) is 32.4 Å². The van der Waals surface area contributed by atoms with Crippen LogP contribution >= 0.6 is 12.6 Å². The molecule has 0 aromatic carbocycles. The number of thiol groups is 1. The van der Waals surface area contributed by atoms with Crippen LogP contribution in [0, 0.1) is 40.4 Å². The van der Waals surface area contributed by atoms with E-state index in [1.165, 1.54) is 5.57 Å². The van der Waals surface area contributed by atoms with Crippen molar-refractivity contribution in [1.82, 2.24) is 0 Å². The number of aliphatic hydroxyl groups is 1. The monoisotopic (exact) mass is 360 g/mol. The van der Waals surface area contributed by atoms with Crippen LogP contribution in [-0.4, -0.2) is 22.1 Å². The van der Waals surface area contributed by atoms with Crippen molar-refractivity contribution in [3.8, 4) is 0 Å². The fraction of sp³-hybridized carbons (Fsp3) is 0.714. The molecule has 0 saturated heterocycles. The van der Waals surface area contributed by atoms with Crippen molar-refractivity contribution < 1.29 is 14.7 Å². The minimum atomic E-state index is -0.446.